The number of rotatable bonds is 14. The summed E-state index contributed by atoms with van der Waals surface area (Å²) in [4.78, 5) is 32.1. The zero-order valence-corrected chi connectivity index (χ0v) is 24.4. The van der Waals surface area contributed by atoms with Crippen LogP contribution >= 0.6 is 0 Å². The number of alkyl carbamates (subject to hydrolysis) is 1. The molecule has 0 radical (unpaired) electrons. The van der Waals surface area contributed by atoms with Gasteiger partial charge in [-0.2, -0.15) is 14.8 Å². The molecule has 14 heteroatoms. The smallest absolute Gasteiger partial charge is 0.407 e. The lowest BCUT2D eigenvalue weighted by molar-refractivity contribution is -0.143. The van der Waals surface area contributed by atoms with Gasteiger partial charge >= 0.3 is 12.1 Å². The van der Waals surface area contributed by atoms with Crippen LogP contribution in [-0.2, 0) is 20.8 Å². The summed E-state index contributed by atoms with van der Waals surface area (Å²) in [7, 11) is 0. The van der Waals surface area contributed by atoms with Gasteiger partial charge in [0.15, 0.2) is 11.2 Å². The van der Waals surface area contributed by atoms with Gasteiger partial charge in [0.05, 0.1) is 31.8 Å². The van der Waals surface area contributed by atoms with Crippen molar-refractivity contribution < 1.29 is 23.8 Å². The van der Waals surface area contributed by atoms with Crippen molar-refractivity contribution in [3.8, 4) is 11.4 Å². The highest BCUT2D eigenvalue weighted by atomic mass is 16.6. The topological polar surface area (TPSA) is 160 Å². The van der Waals surface area contributed by atoms with Gasteiger partial charge in [-0.15, -0.1) is 5.10 Å². The van der Waals surface area contributed by atoms with Crippen molar-refractivity contribution in [2.45, 2.75) is 65.5 Å². The van der Waals surface area contributed by atoms with Gasteiger partial charge in [-0.05, 0) is 71.2 Å². The van der Waals surface area contributed by atoms with Gasteiger partial charge in [-0.1, -0.05) is 5.21 Å². The van der Waals surface area contributed by atoms with Crippen molar-refractivity contribution in [1.29, 1.82) is 0 Å². The van der Waals surface area contributed by atoms with E-state index in [-0.39, 0.29) is 5.97 Å². The Hall–Kier alpha value is -4.75. The first kappa shape index (κ1) is 30.2. The molecule has 0 aliphatic rings. The Morgan fingerprint density at radius 3 is 2.62 bits per heavy atom. The summed E-state index contributed by atoms with van der Waals surface area (Å²) in [5, 5.41) is 18.7. The highest BCUT2D eigenvalue weighted by Gasteiger charge is 2.16. The SMILES string of the molecule is CCOC(=O)CCCCOc1ccc(Nc2ncc3nnn(-c4cnn(CCCNC(=O)OC(C)(C)C)c4)c3n2)cc1. The van der Waals surface area contributed by atoms with Crippen LogP contribution < -0.4 is 15.4 Å². The van der Waals surface area contributed by atoms with Crippen LogP contribution in [0.3, 0.4) is 0 Å². The highest BCUT2D eigenvalue weighted by molar-refractivity contribution is 5.72. The van der Waals surface area contributed by atoms with E-state index < -0.39 is 11.7 Å². The van der Waals surface area contributed by atoms with Gasteiger partial charge in [-0.25, -0.2) is 9.78 Å². The monoisotopic (exact) mass is 579 g/mol. The number of amides is 1. The first-order valence-corrected chi connectivity index (χ1v) is 13.9. The molecule has 42 heavy (non-hydrogen) atoms. The number of hydrogen-bond donors (Lipinski definition) is 2. The largest absolute Gasteiger partial charge is 0.494 e. The molecule has 1 amide bonds. The van der Waals surface area contributed by atoms with E-state index in [1.165, 1.54) is 0 Å². The predicted octanol–water partition coefficient (Wildman–Crippen LogP) is 4.18. The molecule has 0 spiro atoms. The Morgan fingerprint density at radius 1 is 1.05 bits per heavy atom. The first-order valence-electron chi connectivity index (χ1n) is 13.9. The number of esters is 1. The van der Waals surface area contributed by atoms with Crippen LogP contribution in [0.25, 0.3) is 16.9 Å². The van der Waals surface area contributed by atoms with E-state index in [9.17, 15) is 9.59 Å². The van der Waals surface area contributed by atoms with Crippen molar-refractivity contribution in [3.05, 3.63) is 42.9 Å². The lowest BCUT2D eigenvalue weighted by atomic mass is 10.2. The molecule has 0 atom stereocenters. The summed E-state index contributed by atoms with van der Waals surface area (Å²) in [6.45, 7) is 9.25. The number of aryl methyl sites for hydroxylation is 1. The van der Waals surface area contributed by atoms with E-state index in [0.29, 0.717) is 61.9 Å². The maximum atomic E-state index is 11.8. The van der Waals surface area contributed by atoms with Crippen LogP contribution in [0.15, 0.2) is 42.9 Å². The number of carbonyl (C=O) groups excluding carboxylic acids is 2. The summed E-state index contributed by atoms with van der Waals surface area (Å²) in [5.41, 5.74) is 2.03. The predicted molar refractivity (Wildman–Crippen MR) is 155 cm³/mol. The Kier molecular flexibility index (Phi) is 10.2. The van der Waals surface area contributed by atoms with E-state index in [0.717, 1.165) is 24.3 Å². The fourth-order valence-electron chi connectivity index (χ4n) is 3.85. The number of nitrogens with one attached hydrogen (secondary N) is 2. The zero-order chi connectivity index (χ0) is 30.0. The molecule has 0 saturated carbocycles. The van der Waals surface area contributed by atoms with Gasteiger partial charge in [0.1, 0.15) is 17.0 Å². The Balaban J connectivity index is 1.28. The van der Waals surface area contributed by atoms with Crippen LogP contribution in [0, 0.1) is 0 Å². The third kappa shape index (κ3) is 9.14. The van der Waals surface area contributed by atoms with Crippen molar-refractivity contribution in [2.24, 2.45) is 0 Å². The van der Waals surface area contributed by atoms with E-state index in [1.54, 1.807) is 28.7 Å². The number of unbranched alkanes of at least 4 members (excludes halogenated alkanes) is 1. The number of benzene rings is 1. The molecule has 0 aliphatic heterocycles. The van der Waals surface area contributed by atoms with Gasteiger partial charge in [-0.3, -0.25) is 9.48 Å². The number of anilines is 2. The summed E-state index contributed by atoms with van der Waals surface area (Å²) >= 11 is 0. The molecule has 2 N–H and O–H groups in total. The minimum atomic E-state index is -0.533. The van der Waals surface area contributed by atoms with E-state index in [4.69, 9.17) is 14.2 Å². The quantitative estimate of drug-likeness (QED) is 0.163. The molecule has 1 aromatic carbocycles. The molecule has 0 aliphatic carbocycles. The van der Waals surface area contributed by atoms with Crippen molar-refractivity contribution in [3.63, 3.8) is 0 Å². The number of fused-ring (bicyclic) bond motifs is 1. The molecular weight excluding hydrogens is 542 g/mol. The molecule has 0 unspecified atom stereocenters. The van der Waals surface area contributed by atoms with Gasteiger partial charge in [0.2, 0.25) is 5.95 Å². The number of nitrogens with zero attached hydrogens (tertiary/aromatic N) is 7. The average molecular weight is 580 g/mol. The summed E-state index contributed by atoms with van der Waals surface area (Å²) in [6, 6.07) is 7.46. The minimum Gasteiger partial charge on any atom is -0.494 e. The third-order valence-electron chi connectivity index (χ3n) is 5.75. The molecule has 224 valence electrons. The second-order valence-corrected chi connectivity index (χ2v) is 10.4. The van der Waals surface area contributed by atoms with Gasteiger partial charge in [0.25, 0.3) is 0 Å². The maximum Gasteiger partial charge on any atom is 0.407 e. The lowest BCUT2D eigenvalue weighted by Gasteiger charge is -2.19. The van der Waals surface area contributed by atoms with E-state index in [1.807, 2.05) is 51.2 Å². The summed E-state index contributed by atoms with van der Waals surface area (Å²) in [5.74, 6) is 0.941. The molecule has 4 aromatic rings. The van der Waals surface area contributed by atoms with Crippen LogP contribution in [-0.4, -0.2) is 72.2 Å². The lowest BCUT2D eigenvalue weighted by Crippen LogP contribution is -2.33. The molecule has 3 aromatic heterocycles. The van der Waals surface area contributed by atoms with Crippen LogP contribution in [0.2, 0.25) is 0 Å². The average Bonchev–Trinajstić information content (AvgIpc) is 3.58. The second-order valence-electron chi connectivity index (χ2n) is 10.4. The van der Waals surface area contributed by atoms with E-state index in [2.05, 4.69) is 36.0 Å². The van der Waals surface area contributed by atoms with Crippen molar-refractivity contribution in [2.75, 3.05) is 25.1 Å². The Labute approximate surface area is 243 Å². The van der Waals surface area contributed by atoms with E-state index >= 15 is 0 Å². The first-order chi connectivity index (χ1) is 20.2. The Morgan fingerprint density at radius 2 is 1.86 bits per heavy atom. The highest BCUT2D eigenvalue weighted by Crippen LogP contribution is 2.20. The minimum absolute atomic E-state index is 0.177. The van der Waals surface area contributed by atoms with Crippen molar-refractivity contribution >= 4 is 34.9 Å². The zero-order valence-electron chi connectivity index (χ0n) is 24.4. The summed E-state index contributed by atoms with van der Waals surface area (Å²) < 4.78 is 19.3. The van der Waals surface area contributed by atoms with Gasteiger partial charge < -0.3 is 24.8 Å². The Bertz CT molecular complexity index is 1460. The van der Waals surface area contributed by atoms with Crippen molar-refractivity contribution in [1.82, 2.24) is 40.1 Å². The fraction of sp³-hybridized carbons (Fsp3) is 0.464. The van der Waals surface area contributed by atoms with Gasteiger partial charge in [0, 0.05) is 25.2 Å². The molecular formula is C28H37N9O5. The second kappa shape index (κ2) is 14.2. The summed E-state index contributed by atoms with van der Waals surface area (Å²) in [6.07, 6.45) is 7.24. The number of hydrogen-bond acceptors (Lipinski definition) is 11. The van der Waals surface area contributed by atoms with Crippen LogP contribution in [0.4, 0.5) is 16.4 Å². The molecule has 0 fully saturated rings. The van der Waals surface area contributed by atoms with Crippen LogP contribution in [0.1, 0.15) is 53.4 Å². The number of ether oxygens (including phenoxy) is 3. The molecule has 0 bridgehead atoms. The molecule has 4 rings (SSSR count). The molecule has 14 nitrogen and oxygen atoms in total. The van der Waals surface area contributed by atoms with Crippen LogP contribution in [0.5, 0.6) is 5.75 Å². The number of carbonyl (C=O) groups is 2. The number of aromatic nitrogens is 7. The standard InChI is InChI=1S/C28H37N9O5/c1-5-40-24(38)9-6-7-16-41-22-12-10-20(11-13-22)32-26-30-18-23-25(33-26)37(35-34-23)21-17-31-36(19-21)15-8-14-29-27(39)42-28(2,3)4/h10-13,17-19H,5-9,14-16H2,1-4H3,(H,29,39)(H,30,32,33). The molecule has 0 saturated heterocycles. The fourth-order valence-corrected chi connectivity index (χ4v) is 3.85. The maximum absolute atomic E-state index is 11.8. The normalized spacial score (nSPS) is 11.3. The molecule has 3 heterocycles. The third-order valence-corrected chi connectivity index (χ3v) is 5.75.